The average molecular weight is 619 g/mol. The van der Waals surface area contributed by atoms with Crippen LogP contribution in [0.25, 0.3) is 0 Å². The number of amides is 1. The van der Waals surface area contributed by atoms with Crippen LogP contribution in [0.1, 0.15) is 43.9 Å². The lowest BCUT2D eigenvalue weighted by Gasteiger charge is -2.13. The van der Waals surface area contributed by atoms with Gasteiger partial charge in [-0.3, -0.25) is 14.4 Å². The molecule has 43 heavy (non-hydrogen) atoms. The van der Waals surface area contributed by atoms with Crippen LogP contribution in [0.15, 0.2) is 62.1 Å². The Balaban J connectivity index is -0.000000824. The molecule has 1 amide bonds. The van der Waals surface area contributed by atoms with E-state index >= 15 is 0 Å². The van der Waals surface area contributed by atoms with Gasteiger partial charge < -0.3 is 36.0 Å². The van der Waals surface area contributed by atoms with Gasteiger partial charge in [-0.2, -0.15) is 13.2 Å². The molecule has 1 aromatic carbocycles. The second-order valence-corrected chi connectivity index (χ2v) is 7.85. The van der Waals surface area contributed by atoms with Crippen LogP contribution < -0.4 is 10.6 Å². The Morgan fingerprint density at radius 3 is 1.88 bits per heavy atom. The van der Waals surface area contributed by atoms with Gasteiger partial charge in [0.2, 0.25) is 5.91 Å². The Morgan fingerprint density at radius 1 is 1.00 bits per heavy atom. The summed E-state index contributed by atoms with van der Waals surface area (Å²) < 4.78 is 37.5. The molecular weight excluding hydrogens is 581 g/mol. The maximum absolute atomic E-state index is 12.5. The summed E-state index contributed by atoms with van der Waals surface area (Å²) in [7, 11) is 0. The first-order valence-electron chi connectivity index (χ1n) is 12.3. The predicted molar refractivity (Wildman–Crippen MR) is 151 cm³/mol. The van der Waals surface area contributed by atoms with Crippen LogP contribution in [0, 0.1) is 0 Å². The Bertz CT molecular complexity index is 1040. The van der Waals surface area contributed by atoms with Crippen molar-refractivity contribution in [1.82, 2.24) is 15.3 Å². The van der Waals surface area contributed by atoms with E-state index in [9.17, 15) is 27.6 Å². The molecule has 0 aliphatic heterocycles. The molecule has 0 radical (unpaired) electrons. The standard InChI is InChI=1S/C19H25F3N4O.2C3H4O2.2CH2O2/c1-14(24-11-10-17-12-23-13-25-17)4-2-3-5-18(27)26-16-8-6-15(7-9-16)19(20,21)22;2*1-2-3(4)5;2*2-1-3/h6-9,12-14,24H,2-5,10-11H2,1H3,(H,23,25)(H,26,27);2*2H,1H2,(H,4,5);2*1H,(H,2,3). The number of hydrogen-bond acceptors (Lipinski definition) is 7. The van der Waals surface area contributed by atoms with Crippen LogP contribution in [0.5, 0.6) is 0 Å². The lowest BCUT2D eigenvalue weighted by molar-refractivity contribution is -0.137. The molecule has 7 N–H and O–H groups in total. The molecule has 0 bridgehead atoms. The van der Waals surface area contributed by atoms with Gasteiger partial charge in [0, 0.05) is 55.2 Å². The van der Waals surface area contributed by atoms with Crippen molar-refractivity contribution in [3.05, 3.63) is 73.4 Å². The fourth-order valence-corrected chi connectivity index (χ4v) is 2.68. The molecule has 0 aliphatic rings. The minimum atomic E-state index is -4.37. The van der Waals surface area contributed by atoms with E-state index in [1.807, 2.05) is 6.20 Å². The summed E-state index contributed by atoms with van der Waals surface area (Å²) in [4.78, 5) is 54.1. The van der Waals surface area contributed by atoms with Crippen LogP contribution in [0.2, 0.25) is 0 Å². The summed E-state index contributed by atoms with van der Waals surface area (Å²) in [6.45, 7) is 8.39. The molecule has 1 unspecified atom stereocenters. The highest BCUT2D eigenvalue weighted by Gasteiger charge is 2.29. The summed E-state index contributed by atoms with van der Waals surface area (Å²) in [6, 6.07) is 4.82. The number of hydrogen-bond donors (Lipinski definition) is 7. The van der Waals surface area contributed by atoms with Crippen LogP contribution in [-0.4, -0.2) is 73.8 Å². The minimum absolute atomic E-state index is 0.186. The zero-order chi connectivity index (χ0) is 33.7. The SMILES string of the molecule is C=CC(=O)O.C=CC(=O)O.CC(CCCCC(=O)Nc1ccc(C(F)(F)F)cc1)NCCc1cnc[nH]1.O=CO.O=CO. The Hall–Kier alpha value is -4.99. The van der Waals surface area contributed by atoms with E-state index in [2.05, 4.69) is 40.7 Å². The van der Waals surface area contributed by atoms with Crippen molar-refractivity contribution in [1.29, 1.82) is 0 Å². The van der Waals surface area contributed by atoms with Gasteiger partial charge in [-0.15, -0.1) is 0 Å². The number of carbonyl (C=O) groups excluding carboxylic acids is 1. The highest BCUT2D eigenvalue weighted by atomic mass is 19.4. The van der Waals surface area contributed by atoms with E-state index in [-0.39, 0.29) is 18.9 Å². The van der Waals surface area contributed by atoms with E-state index in [1.165, 1.54) is 12.1 Å². The smallest absolute Gasteiger partial charge is 0.416 e. The molecule has 1 aromatic heterocycles. The van der Waals surface area contributed by atoms with Gasteiger partial charge >= 0.3 is 18.1 Å². The number of unbranched alkanes of at least 4 members (excludes halogenated alkanes) is 1. The van der Waals surface area contributed by atoms with Crippen molar-refractivity contribution in [2.75, 3.05) is 11.9 Å². The zero-order valence-electron chi connectivity index (χ0n) is 23.4. The number of carbonyl (C=O) groups is 5. The average Bonchev–Trinajstić information content (AvgIpc) is 3.46. The number of anilines is 1. The van der Waals surface area contributed by atoms with Crippen LogP contribution in [0.4, 0.5) is 18.9 Å². The number of rotatable bonds is 12. The normalized spacial score (nSPS) is 10.0. The number of carboxylic acids is 2. The van der Waals surface area contributed by atoms with E-state index in [1.54, 1.807) is 6.33 Å². The Labute approximate surface area is 246 Å². The molecule has 1 atom stereocenters. The van der Waals surface area contributed by atoms with Gasteiger partial charge in [-0.25, -0.2) is 14.6 Å². The zero-order valence-corrected chi connectivity index (χ0v) is 23.4. The van der Waals surface area contributed by atoms with Crippen molar-refractivity contribution >= 4 is 36.5 Å². The molecule has 2 aromatic rings. The number of halogens is 3. The quantitative estimate of drug-likeness (QED) is 0.102. The number of imidazole rings is 1. The largest absolute Gasteiger partial charge is 0.483 e. The summed E-state index contributed by atoms with van der Waals surface area (Å²) in [5, 5.41) is 35.0. The molecule has 1 heterocycles. The number of aromatic nitrogens is 2. The first-order chi connectivity index (χ1) is 20.2. The molecule has 16 heteroatoms. The maximum atomic E-state index is 12.5. The second-order valence-electron chi connectivity index (χ2n) is 7.85. The summed E-state index contributed by atoms with van der Waals surface area (Å²) in [5.74, 6) is -2.15. The molecule has 0 saturated carbocycles. The van der Waals surface area contributed by atoms with Crippen LogP contribution in [0.3, 0.4) is 0 Å². The van der Waals surface area contributed by atoms with E-state index in [0.717, 1.165) is 62.2 Å². The highest BCUT2D eigenvalue weighted by molar-refractivity contribution is 5.90. The third-order valence-electron chi connectivity index (χ3n) is 4.58. The van der Waals surface area contributed by atoms with Gasteiger partial charge in [-0.05, 0) is 44.0 Å². The predicted octanol–water partition coefficient (Wildman–Crippen LogP) is 4.06. The fourth-order valence-electron chi connectivity index (χ4n) is 2.68. The number of nitrogens with one attached hydrogen (secondary N) is 3. The number of aliphatic carboxylic acids is 2. The highest BCUT2D eigenvalue weighted by Crippen LogP contribution is 2.29. The number of carboxylic acid groups (broad SMARTS) is 4. The van der Waals surface area contributed by atoms with Crippen molar-refractivity contribution in [3.8, 4) is 0 Å². The van der Waals surface area contributed by atoms with Crippen LogP contribution in [-0.2, 0) is 36.6 Å². The first kappa shape index (κ1) is 42.5. The maximum Gasteiger partial charge on any atom is 0.416 e. The fraction of sp³-hybridized carbons (Fsp3) is 0.333. The molecular formula is C27H37F3N4O9. The molecule has 0 saturated heterocycles. The van der Waals surface area contributed by atoms with E-state index in [4.69, 9.17) is 30.0 Å². The second kappa shape index (κ2) is 27.2. The van der Waals surface area contributed by atoms with Crippen molar-refractivity contribution < 1.29 is 57.6 Å². The first-order valence-corrected chi connectivity index (χ1v) is 12.3. The minimum Gasteiger partial charge on any atom is -0.483 e. The third-order valence-corrected chi connectivity index (χ3v) is 4.58. The molecule has 0 fully saturated rings. The van der Waals surface area contributed by atoms with Gasteiger partial charge in [0.25, 0.3) is 12.9 Å². The Morgan fingerprint density at radius 2 is 1.49 bits per heavy atom. The van der Waals surface area contributed by atoms with Gasteiger partial charge in [0.05, 0.1) is 11.9 Å². The summed E-state index contributed by atoms with van der Waals surface area (Å²) in [5.41, 5.74) is 0.742. The van der Waals surface area contributed by atoms with Gasteiger partial charge in [-0.1, -0.05) is 19.6 Å². The van der Waals surface area contributed by atoms with Gasteiger partial charge in [0.1, 0.15) is 0 Å². The summed E-state index contributed by atoms with van der Waals surface area (Å²) in [6.07, 6.45) is 4.59. The lowest BCUT2D eigenvalue weighted by Crippen LogP contribution is -2.28. The molecule has 0 spiro atoms. The monoisotopic (exact) mass is 618 g/mol. The number of nitrogens with zero attached hydrogens (tertiary/aromatic N) is 1. The molecule has 13 nitrogen and oxygen atoms in total. The van der Waals surface area contributed by atoms with Crippen molar-refractivity contribution in [2.24, 2.45) is 0 Å². The summed E-state index contributed by atoms with van der Waals surface area (Å²) >= 11 is 0. The molecule has 240 valence electrons. The van der Waals surface area contributed by atoms with E-state index in [0.29, 0.717) is 18.2 Å². The topological polar surface area (TPSA) is 219 Å². The number of benzene rings is 1. The van der Waals surface area contributed by atoms with Gasteiger partial charge in [0.15, 0.2) is 0 Å². The Kier molecular flexibility index (Phi) is 26.9. The number of aromatic amines is 1. The van der Waals surface area contributed by atoms with Crippen LogP contribution >= 0.6 is 0 Å². The number of H-pyrrole nitrogens is 1. The number of alkyl halides is 3. The van der Waals surface area contributed by atoms with Crippen molar-refractivity contribution in [2.45, 2.75) is 51.2 Å². The van der Waals surface area contributed by atoms with Crippen molar-refractivity contribution in [3.63, 3.8) is 0 Å². The molecule has 0 aliphatic carbocycles. The van der Waals surface area contributed by atoms with E-state index < -0.39 is 23.7 Å². The molecule has 2 rings (SSSR count). The third kappa shape index (κ3) is 29.8. The lowest BCUT2D eigenvalue weighted by atomic mass is 10.1.